The molecule has 0 fully saturated rings. The van der Waals surface area contributed by atoms with Gasteiger partial charge in [0.15, 0.2) is 23.0 Å². The number of methoxy groups -OCH3 is 3. The average Bonchev–Trinajstić information content (AvgIpc) is 3.17. The second kappa shape index (κ2) is 8.35. The molecule has 1 aliphatic rings. The zero-order chi connectivity index (χ0) is 19.2. The molecule has 2 aromatic rings. The summed E-state index contributed by atoms with van der Waals surface area (Å²) >= 11 is 0. The van der Waals surface area contributed by atoms with Crippen molar-refractivity contribution in [3.63, 3.8) is 0 Å². The first-order chi connectivity index (χ1) is 13.1. The van der Waals surface area contributed by atoms with Gasteiger partial charge in [0.1, 0.15) is 5.75 Å². The summed E-state index contributed by atoms with van der Waals surface area (Å²) in [5.74, 6) is 2.88. The van der Waals surface area contributed by atoms with E-state index in [4.69, 9.17) is 23.7 Å². The Morgan fingerprint density at radius 2 is 1.70 bits per heavy atom. The van der Waals surface area contributed by atoms with Gasteiger partial charge >= 0.3 is 0 Å². The highest BCUT2D eigenvalue weighted by Crippen LogP contribution is 2.35. The normalized spacial score (nSPS) is 12.1. The van der Waals surface area contributed by atoms with E-state index < -0.39 is 0 Å². The Balaban J connectivity index is 1.65. The molecule has 27 heavy (non-hydrogen) atoms. The smallest absolute Gasteiger partial charge is 0.244 e. The molecule has 1 amide bonds. The van der Waals surface area contributed by atoms with Gasteiger partial charge in [0.05, 0.1) is 21.3 Å². The molecule has 1 heterocycles. The SMILES string of the molecule is COc1cc(OC)c(OC)cc1CNC(=O)/C=C/c1ccc2c(c1)OCO2. The van der Waals surface area contributed by atoms with Crippen LogP contribution in [0.2, 0.25) is 0 Å². The Kier molecular flexibility index (Phi) is 5.71. The second-order valence-corrected chi connectivity index (χ2v) is 5.68. The van der Waals surface area contributed by atoms with Gasteiger partial charge in [0.2, 0.25) is 12.7 Å². The summed E-state index contributed by atoms with van der Waals surface area (Å²) in [6, 6.07) is 8.99. The van der Waals surface area contributed by atoms with Gasteiger partial charge in [0, 0.05) is 24.3 Å². The molecule has 0 atom stereocenters. The van der Waals surface area contributed by atoms with Crippen molar-refractivity contribution in [3.05, 3.63) is 47.5 Å². The number of hydrogen-bond donors (Lipinski definition) is 1. The van der Waals surface area contributed by atoms with Crippen LogP contribution in [0, 0.1) is 0 Å². The highest BCUT2D eigenvalue weighted by molar-refractivity contribution is 5.91. The lowest BCUT2D eigenvalue weighted by Crippen LogP contribution is -2.20. The number of benzene rings is 2. The molecule has 0 unspecified atom stereocenters. The number of fused-ring (bicyclic) bond motifs is 1. The maximum atomic E-state index is 12.2. The van der Waals surface area contributed by atoms with E-state index in [1.165, 1.54) is 6.08 Å². The number of rotatable bonds is 7. The fourth-order valence-corrected chi connectivity index (χ4v) is 2.66. The van der Waals surface area contributed by atoms with Crippen LogP contribution in [0.1, 0.15) is 11.1 Å². The first-order valence-electron chi connectivity index (χ1n) is 8.29. The summed E-state index contributed by atoms with van der Waals surface area (Å²) in [7, 11) is 4.67. The van der Waals surface area contributed by atoms with Crippen LogP contribution in [0.5, 0.6) is 28.7 Å². The summed E-state index contributed by atoms with van der Waals surface area (Å²) in [4.78, 5) is 12.2. The number of carbonyl (C=O) groups is 1. The molecule has 1 N–H and O–H groups in total. The third-order valence-electron chi connectivity index (χ3n) is 4.06. The Morgan fingerprint density at radius 3 is 2.44 bits per heavy atom. The first kappa shape index (κ1) is 18.4. The van der Waals surface area contributed by atoms with E-state index >= 15 is 0 Å². The summed E-state index contributed by atoms with van der Waals surface area (Å²) in [6.45, 7) is 0.504. The van der Waals surface area contributed by atoms with E-state index in [1.807, 2.05) is 18.2 Å². The second-order valence-electron chi connectivity index (χ2n) is 5.68. The molecule has 0 saturated heterocycles. The minimum atomic E-state index is -0.232. The van der Waals surface area contributed by atoms with Gasteiger partial charge in [0.25, 0.3) is 0 Å². The number of ether oxygens (including phenoxy) is 5. The third-order valence-corrected chi connectivity index (χ3v) is 4.06. The summed E-state index contributed by atoms with van der Waals surface area (Å²) in [5.41, 5.74) is 1.62. The van der Waals surface area contributed by atoms with E-state index in [-0.39, 0.29) is 19.2 Å². The van der Waals surface area contributed by atoms with Crippen LogP contribution in [0.25, 0.3) is 6.08 Å². The number of hydrogen-bond acceptors (Lipinski definition) is 6. The molecule has 0 bridgehead atoms. The first-order valence-corrected chi connectivity index (χ1v) is 8.29. The topological polar surface area (TPSA) is 75.2 Å². The van der Waals surface area contributed by atoms with Crippen molar-refractivity contribution < 1.29 is 28.5 Å². The minimum absolute atomic E-state index is 0.218. The molecule has 7 nitrogen and oxygen atoms in total. The van der Waals surface area contributed by atoms with Crippen LogP contribution in [-0.4, -0.2) is 34.0 Å². The zero-order valence-corrected chi connectivity index (χ0v) is 15.4. The minimum Gasteiger partial charge on any atom is -0.496 e. The Labute approximate surface area is 157 Å². The van der Waals surface area contributed by atoms with Gasteiger partial charge in [-0.1, -0.05) is 6.07 Å². The molecule has 0 radical (unpaired) electrons. The van der Waals surface area contributed by atoms with Crippen LogP contribution in [0.15, 0.2) is 36.4 Å². The van der Waals surface area contributed by atoms with Crippen molar-refractivity contribution in [2.75, 3.05) is 28.1 Å². The highest BCUT2D eigenvalue weighted by atomic mass is 16.7. The molecule has 0 aliphatic carbocycles. The molecule has 7 heteroatoms. The van der Waals surface area contributed by atoms with Crippen LogP contribution < -0.4 is 29.0 Å². The Bertz CT molecular complexity index is 862. The average molecular weight is 371 g/mol. The molecular weight excluding hydrogens is 350 g/mol. The predicted molar refractivity (Wildman–Crippen MR) is 99.5 cm³/mol. The van der Waals surface area contributed by atoms with Crippen molar-refractivity contribution in [2.45, 2.75) is 6.54 Å². The van der Waals surface area contributed by atoms with Gasteiger partial charge in [-0.3, -0.25) is 4.79 Å². The van der Waals surface area contributed by atoms with Gasteiger partial charge in [-0.25, -0.2) is 0 Å². The van der Waals surface area contributed by atoms with Gasteiger partial charge in [-0.05, 0) is 29.8 Å². The molecule has 0 aromatic heterocycles. The summed E-state index contributed by atoms with van der Waals surface area (Å²) in [6.07, 6.45) is 3.17. The monoisotopic (exact) mass is 371 g/mol. The van der Waals surface area contributed by atoms with E-state index in [0.717, 1.165) is 11.1 Å². The lowest BCUT2D eigenvalue weighted by Gasteiger charge is -2.14. The molecule has 0 saturated carbocycles. The Morgan fingerprint density at radius 1 is 1.00 bits per heavy atom. The van der Waals surface area contributed by atoms with Crippen LogP contribution >= 0.6 is 0 Å². The maximum absolute atomic E-state index is 12.2. The third kappa shape index (κ3) is 4.25. The number of amides is 1. The highest BCUT2D eigenvalue weighted by Gasteiger charge is 2.13. The fourth-order valence-electron chi connectivity index (χ4n) is 2.66. The van der Waals surface area contributed by atoms with E-state index in [1.54, 1.807) is 39.5 Å². The molecule has 3 rings (SSSR count). The van der Waals surface area contributed by atoms with Crippen LogP contribution in [0.3, 0.4) is 0 Å². The summed E-state index contributed by atoms with van der Waals surface area (Å²) < 4.78 is 26.5. The van der Waals surface area contributed by atoms with Crippen molar-refractivity contribution in [1.82, 2.24) is 5.32 Å². The van der Waals surface area contributed by atoms with Crippen LogP contribution in [0.4, 0.5) is 0 Å². The van der Waals surface area contributed by atoms with Crippen molar-refractivity contribution in [1.29, 1.82) is 0 Å². The van der Waals surface area contributed by atoms with E-state index in [9.17, 15) is 4.79 Å². The number of carbonyl (C=O) groups excluding carboxylic acids is 1. The molecule has 2 aromatic carbocycles. The lowest BCUT2D eigenvalue weighted by atomic mass is 10.1. The predicted octanol–water partition coefficient (Wildman–Crippen LogP) is 2.77. The van der Waals surface area contributed by atoms with Gasteiger partial charge in [-0.2, -0.15) is 0 Å². The Hall–Kier alpha value is -3.35. The lowest BCUT2D eigenvalue weighted by molar-refractivity contribution is -0.116. The molecule has 1 aliphatic heterocycles. The largest absolute Gasteiger partial charge is 0.496 e. The van der Waals surface area contributed by atoms with E-state index in [2.05, 4.69) is 5.32 Å². The number of nitrogens with one attached hydrogen (secondary N) is 1. The van der Waals surface area contributed by atoms with Crippen molar-refractivity contribution >= 4 is 12.0 Å². The van der Waals surface area contributed by atoms with Crippen LogP contribution in [-0.2, 0) is 11.3 Å². The van der Waals surface area contributed by atoms with Gasteiger partial charge in [-0.15, -0.1) is 0 Å². The molecular formula is C20H21NO6. The molecule has 142 valence electrons. The standard InChI is InChI=1S/C20H21NO6/c1-23-16-10-18(25-3)17(24-2)9-14(16)11-21-20(22)7-5-13-4-6-15-19(8-13)27-12-26-15/h4-10H,11-12H2,1-3H3,(H,21,22)/b7-5+. The fraction of sp³-hybridized carbons (Fsp3) is 0.250. The van der Waals surface area contributed by atoms with Crippen molar-refractivity contribution in [3.8, 4) is 28.7 Å². The maximum Gasteiger partial charge on any atom is 0.244 e. The van der Waals surface area contributed by atoms with E-state index in [0.29, 0.717) is 28.7 Å². The van der Waals surface area contributed by atoms with Gasteiger partial charge < -0.3 is 29.0 Å². The summed E-state index contributed by atoms with van der Waals surface area (Å²) in [5, 5.41) is 2.83. The molecule has 0 spiro atoms. The zero-order valence-electron chi connectivity index (χ0n) is 15.4. The van der Waals surface area contributed by atoms with Crippen molar-refractivity contribution in [2.24, 2.45) is 0 Å². The quantitative estimate of drug-likeness (QED) is 0.755.